The summed E-state index contributed by atoms with van der Waals surface area (Å²) in [6, 6.07) is 19.3. The van der Waals surface area contributed by atoms with Crippen molar-refractivity contribution in [2.24, 2.45) is 5.10 Å². The van der Waals surface area contributed by atoms with Crippen molar-refractivity contribution in [3.8, 4) is 5.75 Å². The number of carbonyl (C=O) groups is 1. The van der Waals surface area contributed by atoms with Crippen LogP contribution in [0.15, 0.2) is 82.8 Å². The molecule has 0 atom stereocenters. The van der Waals surface area contributed by atoms with Crippen molar-refractivity contribution in [2.75, 3.05) is 17.5 Å². The van der Waals surface area contributed by atoms with Gasteiger partial charge in [0.05, 0.1) is 23.4 Å². The van der Waals surface area contributed by atoms with E-state index < -0.39 is 22.5 Å². The fourth-order valence-corrected chi connectivity index (χ4v) is 4.87. The Balaban J connectivity index is 1.77. The number of rotatable bonds is 10. The summed E-state index contributed by atoms with van der Waals surface area (Å²) < 4.78 is 33.1. The highest BCUT2D eigenvalue weighted by Crippen LogP contribution is 2.29. The van der Waals surface area contributed by atoms with Gasteiger partial charge in [-0.05, 0) is 66.6 Å². The number of hydrogen-bond acceptors (Lipinski definition) is 5. The maximum Gasteiger partial charge on any atom is 0.264 e. The first-order chi connectivity index (χ1) is 16.3. The molecule has 0 radical (unpaired) electrons. The molecule has 0 aromatic heterocycles. The summed E-state index contributed by atoms with van der Waals surface area (Å²) in [6.45, 7) is 2.12. The van der Waals surface area contributed by atoms with Gasteiger partial charge < -0.3 is 4.74 Å². The minimum Gasteiger partial charge on any atom is -0.494 e. The van der Waals surface area contributed by atoms with Gasteiger partial charge in [0.25, 0.3) is 15.9 Å². The maximum atomic E-state index is 13.3. The number of nitrogens with one attached hydrogen (secondary N) is 1. The quantitative estimate of drug-likeness (QED) is 0.297. The van der Waals surface area contributed by atoms with Crippen LogP contribution in [0.25, 0.3) is 0 Å². The van der Waals surface area contributed by atoms with Crippen molar-refractivity contribution < 1.29 is 17.9 Å². The minimum absolute atomic E-state index is 0.0211. The summed E-state index contributed by atoms with van der Waals surface area (Å²) in [4.78, 5) is 12.6. The molecular formula is C24H23Cl2N3O4S. The second-order valence-corrected chi connectivity index (χ2v) is 9.90. The third kappa shape index (κ3) is 6.96. The zero-order valence-corrected chi connectivity index (χ0v) is 20.6. The van der Waals surface area contributed by atoms with Crippen molar-refractivity contribution in [3.05, 3.63) is 88.4 Å². The first-order valence-corrected chi connectivity index (χ1v) is 12.6. The lowest BCUT2D eigenvalue weighted by Gasteiger charge is -2.24. The fourth-order valence-electron chi connectivity index (χ4n) is 2.93. The van der Waals surface area contributed by atoms with E-state index in [1.54, 1.807) is 42.5 Å². The molecule has 0 heterocycles. The van der Waals surface area contributed by atoms with Gasteiger partial charge in [-0.25, -0.2) is 13.8 Å². The number of anilines is 1. The Morgan fingerprint density at radius 2 is 1.68 bits per heavy atom. The van der Waals surface area contributed by atoms with Crippen molar-refractivity contribution in [1.29, 1.82) is 0 Å². The monoisotopic (exact) mass is 519 g/mol. The normalized spacial score (nSPS) is 11.4. The molecule has 1 N–H and O–H groups in total. The second kappa shape index (κ2) is 11.9. The highest BCUT2D eigenvalue weighted by atomic mass is 35.5. The van der Waals surface area contributed by atoms with Crippen LogP contribution in [0.4, 0.5) is 5.69 Å². The molecule has 34 heavy (non-hydrogen) atoms. The number of nitrogens with zero attached hydrogens (tertiary/aromatic N) is 2. The Morgan fingerprint density at radius 3 is 2.29 bits per heavy atom. The number of hydrogen-bond donors (Lipinski definition) is 1. The number of carbonyl (C=O) groups excluding carboxylic acids is 1. The van der Waals surface area contributed by atoms with Gasteiger partial charge in [0.2, 0.25) is 0 Å². The number of benzene rings is 3. The summed E-state index contributed by atoms with van der Waals surface area (Å²) in [5, 5.41) is 4.40. The lowest BCUT2D eigenvalue weighted by atomic mass is 10.2. The average molecular weight is 520 g/mol. The van der Waals surface area contributed by atoms with Gasteiger partial charge in [-0.3, -0.25) is 9.10 Å². The number of sulfonamides is 1. The summed E-state index contributed by atoms with van der Waals surface area (Å²) in [7, 11) is -4.08. The van der Waals surface area contributed by atoms with Gasteiger partial charge in [0.1, 0.15) is 12.3 Å². The Hall–Kier alpha value is -3.07. The van der Waals surface area contributed by atoms with Gasteiger partial charge in [-0.2, -0.15) is 5.10 Å². The summed E-state index contributed by atoms with van der Waals surface area (Å²) in [6.07, 6.45) is 2.36. The zero-order valence-electron chi connectivity index (χ0n) is 18.3. The molecule has 0 saturated carbocycles. The molecular weight excluding hydrogens is 497 g/mol. The summed E-state index contributed by atoms with van der Waals surface area (Å²) in [5.74, 6) is 0.0970. The molecule has 3 aromatic rings. The maximum absolute atomic E-state index is 13.3. The SMILES string of the molecule is CCCOc1ccc(/C=N\NC(=O)CN(c2cc(Cl)cc(Cl)c2)S(=O)(=O)c2ccccc2)cc1. The van der Waals surface area contributed by atoms with Crippen molar-refractivity contribution in [2.45, 2.75) is 18.2 Å². The first-order valence-electron chi connectivity index (χ1n) is 10.4. The van der Waals surface area contributed by atoms with Crippen LogP contribution in [-0.4, -0.2) is 33.7 Å². The standard InChI is InChI=1S/C24H23Cl2N3O4S/c1-2-12-33-22-10-8-18(9-11-22)16-27-28-24(30)17-29(21-14-19(25)13-20(26)15-21)34(31,32)23-6-4-3-5-7-23/h3-11,13-16H,2,12,17H2,1H3,(H,28,30)/b27-16-. The van der Waals surface area contributed by atoms with Crippen molar-refractivity contribution >= 4 is 51.0 Å². The van der Waals surface area contributed by atoms with E-state index in [-0.39, 0.29) is 20.6 Å². The molecule has 3 rings (SSSR count). The first kappa shape index (κ1) is 25.6. The third-order valence-corrected chi connectivity index (χ3v) is 6.73. The molecule has 178 valence electrons. The topological polar surface area (TPSA) is 88.1 Å². The number of halogens is 2. The van der Waals surface area contributed by atoms with Crippen LogP contribution in [-0.2, 0) is 14.8 Å². The zero-order chi connectivity index (χ0) is 24.6. The number of ether oxygens (including phenoxy) is 1. The van der Waals surface area contributed by atoms with Crippen LogP contribution in [0.5, 0.6) is 5.75 Å². The van der Waals surface area contributed by atoms with Gasteiger partial charge in [-0.1, -0.05) is 48.3 Å². The Labute approximate surface area is 209 Å². The Kier molecular flexibility index (Phi) is 8.92. The van der Waals surface area contributed by atoms with E-state index in [2.05, 4.69) is 10.5 Å². The van der Waals surface area contributed by atoms with Gasteiger partial charge in [-0.15, -0.1) is 0 Å². The predicted octanol–water partition coefficient (Wildman–Crippen LogP) is 5.13. The van der Waals surface area contributed by atoms with E-state index in [4.69, 9.17) is 27.9 Å². The second-order valence-electron chi connectivity index (χ2n) is 7.16. The molecule has 3 aromatic carbocycles. The van der Waals surface area contributed by atoms with Crippen LogP contribution in [0, 0.1) is 0 Å². The largest absolute Gasteiger partial charge is 0.494 e. The molecule has 0 saturated heterocycles. The minimum atomic E-state index is -4.08. The molecule has 0 bridgehead atoms. The van der Waals surface area contributed by atoms with Crippen molar-refractivity contribution in [1.82, 2.24) is 5.43 Å². The molecule has 0 unspecified atom stereocenters. The molecule has 1 amide bonds. The molecule has 7 nitrogen and oxygen atoms in total. The number of hydrazone groups is 1. The highest BCUT2D eigenvalue weighted by molar-refractivity contribution is 7.92. The Bertz CT molecular complexity index is 1230. The molecule has 10 heteroatoms. The van der Waals surface area contributed by atoms with E-state index in [0.717, 1.165) is 22.0 Å². The number of amides is 1. The van der Waals surface area contributed by atoms with E-state index in [1.807, 2.05) is 6.92 Å². The fraction of sp³-hybridized carbons (Fsp3) is 0.167. The Morgan fingerprint density at radius 1 is 1.03 bits per heavy atom. The van der Waals surface area contributed by atoms with Crippen molar-refractivity contribution in [3.63, 3.8) is 0 Å². The third-order valence-electron chi connectivity index (χ3n) is 4.51. The van der Waals surface area contributed by atoms with Crippen LogP contribution >= 0.6 is 23.2 Å². The van der Waals surface area contributed by atoms with E-state index in [0.29, 0.717) is 6.61 Å². The van der Waals surface area contributed by atoms with Crippen LogP contribution in [0.3, 0.4) is 0 Å². The van der Waals surface area contributed by atoms with Gasteiger partial charge >= 0.3 is 0 Å². The van der Waals surface area contributed by atoms with Gasteiger partial charge in [0, 0.05) is 10.0 Å². The van der Waals surface area contributed by atoms with Crippen LogP contribution in [0.1, 0.15) is 18.9 Å². The van der Waals surface area contributed by atoms with E-state index in [9.17, 15) is 13.2 Å². The molecule has 0 aliphatic rings. The molecule has 0 aliphatic heterocycles. The van der Waals surface area contributed by atoms with Crippen LogP contribution < -0.4 is 14.5 Å². The van der Waals surface area contributed by atoms with E-state index in [1.165, 1.54) is 36.5 Å². The average Bonchev–Trinajstić information content (AvgIpc) is 2.82. The highest BCUT2D eigenvalue weighted by Gasteiger charge is 2.27. The molecule has 0 aliphatic carbocycles. The van der Waals surface area contributed by atoms with Crippen LogP contribution in [0.2, 0.25) is 10.0 Å². The lowest BCUT2D eigenvalue weighted by Crippen LogP contribution is -2.39. The smallest absolute Gasteiger partial charge is 0.264 e. The lowest BCUT2D eigenvalue weighted by molar-refractivity contribution is -0.119. The summed E-state index contributed by atoms with van der Waals surface area (Å²) >= 11 is 12.2. The molecule has 0 spiro atoms. The predicted molar refractivity (Wildman–Crippen MR) is 135 cm³/mol. The van der Waals surface area contributed by atoms with Gasteiger partial charge in [0.15, 0.2) is 0 Å². The summed E-state index contributed by atoms with van der Waals surface area (Å²) in [5.41, 5.74) is 3.25. The van der Waals surface area contributed by atoms with E-state index >= 15 is 0 Å². The molecule has 0 fully saturated rings.